The van der Waals surface area contributed by atoms with Crippen LogP contribution in [0.5, 0.6) is 5.88 Å². The molecule has 6 nitrogen and oxygen atoms in total. The van der Waals surface area contributed by atoms with Crippen LogP contribution in [-0.2, 0) is 4.74 Å². The van der Waals surface area contributed by atoms with Crippen molar-refractivity contribution in [2.75, 3.05) is 14.2 Å². The third kappa shape index (κ3) is 3.13. The van der Waals surface area contributed by atoms with Gasteiger partial charge in [-0.3, -0.25) is 16.3 Å². The molecule has 0 saturated carbocycles. The van der Waals surface area contributed by atoms with Crippen LogP contribution in [0.3, 0.4) is 0 Å². The zero-order chi connectivity index (χ0) is 12.0. The highest BCUT2D eigenvalue weighted by molar-refractivity contribution is 5.21. The molecular weight excluding hydrogens is 208 g/mol. The maximum atomic E-state index is 5.50. The number of aromatic nitrogens is 2. The molecule has 0 spiro atoms. The summed E-state index contributed by atoms with van der Waals surface area (Å²) in [5.41, 5.74) is 3.39. The van der Waals surface area contributed by atoms with Gasteiger partial charge in [-0.25, -0.2) is 4.98 Å². The summed E-state index contributed by atoms with van der Waals surface area (Å²) in [5.74, 6) is 5.98. The molecule has 2 unspecified atom stereocenters. The van der Waals surface area contributed by atoms with Crippen LogP contribution in [0.2, 0.25) is 0 Å². The van der Waals surface area contributed by atoms with Crippen molar-refractivity contribution in [2.24, 2.45) is 5.84 Å². The molecule has 2 atom stereocenters. The van der Waals surface area contributed by atoms with E-state index in [-0.39, 0.29) is 12.1 Å². The van der Waals surface area contributed by atoms with Crippen LogP contribution in [0.25, 0.3) is 0 Å². The van der Waals surface area contributed by atoms with E-state index in [4.69, 9.17) is 15.3 Å². The number of nitrogens with two attached hydrogens (primary N) is 1. The molecule has 0 aromatic carbocycles. The van der Waals surface area contributed by atoms with Gasteiger partial charge in [-0.1, -0.05) is 0 Å². The summed E-state index contributed by atoms with van der Waals surface area (Å²) in [7, 11) is 3.22. The predicted octanol–water partition coefficient (Wildman–Crippen LogP) is 0.415. The third-order valence-electron chi connectivity index (χ3n) is 2.39. The topological polar surface area (TPSA) is 82.3 Å². The minimum atomic E-state index is -0.140. The fourth-order valence-corrected chi connectivity index (χ4v) is 1.42. The van der Waals surface area contributed by atoms with Crippen LogP contribution < -0.4 is 16.0 Å². The Kier molecular flexibility index (Phi) is 5.10. The molecule has 1 heterocycles. The first kappa shape index (κ1) is 12.8. The molecule has 1 aromatic heterocycles. The summed E-state index contributed by atoms with van der Waals surface area (Å²) in [6.07, 6.45) is 3.96. The van der Waals surface area contributed by atoms with Crippen LogP contribution in [0.4, 0.5) is 0 Å². The fourth-order valence-electron chi connectivity index (χ4n) is 1.42. The van der Waals surface area contributed by atoms with E-state index in [2.05, 4.69) is 15.4 Å². The van der Waals surface area contributed by atoms with E-state index in [0.717, 1.165) is 0 Å². The van der Waals surface area contributed by atoms with Gasteiger partial charge < -0.3 is 9.47 Å². The maximum absolute atomic E-state index is 5.50. The largest absolute Gasteiger partial charge is 0.480 e. The second kappa shape index (κ2) is 6.37. The molecule has 1 aromatic rings. The minimum Gasteiger partial charge on any atom is -0.480 e. The third-order valence-corrected chi connectivity index (χ3v) is 2.39. The van der Waals surface area contributed by atoms with E-state index in [1.54, 1.807) is 26.6 Å². The molecule has 0 saturated heterocycles. The highest BCUT2D eigenvalue weighted by atomic mass is 16.5. The van der Waals surface area contributed by atoms with Crippen molar-refractivity contribution in [3.8, 4) is 5.88 Å². The summed E-state index contributed by atoms with van der Waals surface area (Å²) in [5, 5.41) is 0. The lowest BCUT2D eigenvalue weighted by atomic mass is 10.1. The number of hydrazine groups is 1. The van der Waals surface area contributed by atoms with E-state index < -0.39 is 0 Å². The average Bonchev–Trinajstić information content (AvgIpc) is 2.35. The molecule has 0 amide bonds. The highest BCUT2D eigenvalue weighted by Gasteiger charge is 2.19. The van der Waals surface area contributed by atoms with Crippen LogP contribution in [0.15, 0.2) is 12.4 Å². The van der Waals surface area contributed by atoms with Crippen molar-refractivity contribution in [2.45, 2.75) is 25.5 Å². The van der Waals surface area contributed by atoms with E-state index >= 15 is 0 Å². The van der Waals surface area contributed by atoms with Crippen LogP contribution >= 0.6 is 0 Å². The number of hydrogen-bond acceptors (Lipinski definition) is 6. The van der Waals surface area contributed by atoms with Crippen LogP contribution in [-0.4, -0.2) is 30.3 Å². The Morgan fingerprint density at radius 2 is 2.06 bits per heavy atom. The molecule has 1 rings (SSSR count). The number of ether oxygens (including phenoxy) is 2. The maximum Gasteiger partial charge on any atom is 0.237 e. The first-order chi connectivity index (χ1) is 7.72. The number of methoxy groups -OCH3 is 2. The Bertz CT molecular complexity index is 321. The van der Waals surface area contributed by atoms with Gasteiger partial charge in [0.15, 0.2) is 0 Å². The number of hydrogen-bond donors (Lipinski definition) is 2. The molecular formula is C10H18N4O2. The van der Waals surface area contributed by atoms with Crippen molar-refractivity contribution < 1.29 is 9.47 Å². The van der Waals surface area contributed by atoms with E-state index in [1.807, 2.05) is 6.92 Å². The summed E-state index contributed by atoms with van der Waals surface area (Å²) >= 11 is 0. The van der Waals surface area contributed by atoms with Crippen molar-refractivity contribution in [1.82, 2.24) is 15.4 Å². The molecule has 0 aliphatic carbocycles. The van der Waals surface area contributed by atoms with Gasteiger partial charge in [0.05, 0.1) is 19.3 Å². The summed E-state index contributed by atoms with van der Waals surface area (Å²) in [4.78, 5) is 8.30. The Balaban J connectivity index is 2.85. The minimum absolute atomic E-state index is 0.0766. The second-order valence-electron chi connectivity index (χ2n) is 3.45. The zero-order valence-electron chi connectivity index (χ0n) is 9.80. The monoisotopic (exact) mass is 226 g/mol. The molecule has 0 radical (unpaired) electrons. The SMILES string of the molecule is COc1nccnc1C(CC(C)OC)NN. The van der Waals surface area contributed by atoms with Gasteiger partial charge in [-0.15, -0.1) is 0 Å². The first-order valence-corrected chi connectivity index (χ1v) is 5.06. The Morgan fingerprint density at radius 3 is 2.62 bits per heavy atom. The summed E-state index contributed by atoms with van der Waals surface area (Å²) in [6.45, 7) is 1.97. The number of nitrogens with one attached hydrogen (secondary N) is 1. The van der Waals surface area contributed by atoms with E-state index in [9.17, 15) is 0 Å². The summed E-state index contributed by atoms with van der Waals surface area (Å²) in [6, 6.07) is -0.140. The lowest BCUT2D eigenvalue weighted by molar-refractivity contribution is 0.0994. The molecule has 90 valence electrons. The highest BCUT2D eigenvalue weighted by Crippen LogP contribution is 2.23. The van der Waals surface area contributed by atoms with Gasteiger partial charge in [-0.2, -0.15) is 0 Å². The van der Waals surface area contributed by atoms with Crippen LogP contribution in [0.1, 0.15) is 25.1 Å². The van der Waals surface area contributed by atoms with Crippen LogP contribution in [0, 0.1) is 0 Å². The second-order valence-corrected chi connectivity index (χ2v) is 3.45. The van der Waals surface area contributed by atoms with Crippen molar-refractivity contribution >= 4 is 0 Å². The van der Waals surface area contributed by atoms with Gasteiger partial charge in [0.2, 0.25) is 5.88 Å². The Morgan fingerprint density at radius 1 is 1.38 bits per heavy atom. The first-order valence-electron chi connectivity index (χ1n) is 5.06. The lowest BCUT2D eigenvalue weighted by Crippen LogP contribution is -2.31. The van der Waals surface area contributed by atoms with E-state index in [0.29, 0.717) is 18.0 Å². The van der Waals surface area contributed by atoms with E-state index in [1.165, 1.54) is 0 Å². The molecule has 0 aliphatic rings. The molecule has 0 fully saturated rings. The quantitative estimate of drug-likeness (QED) is 0.540. The number of rotatable bonds is 6. The molecule has 0 aliphatic heterocycles. The smallest absolute Gasteiger partial charge is 0.237 e. The number of nitrogens with zero attached hydrogens (tertiary/aromatic N) is 2. The van der Waals surface area contributed by atoms with Gasteiger partial charge >= 0.3 is 0 Å². The molecule has 16 heavy (non-hydrogen) atoms. The standard InChI is InChI=1S/C10H18N4O2/c1-7(15-2)6-8(14-11)9-10(16-3)13-5-4-12-9/h4-5,7-8,14H,6,11H2,1-3H3. The normalized spacial score (nSPS) is 14.5. The Hall–Kier alpha value is -1.24. The van der Waals surface area contributed by atoms with Crippen molar-refractivity contribution in [3.05, 3.63) is 18.1 Å². The molecule has 3 N–H and O–H groups in total. The zero-order valence-corrected chi connectivity index (χ0v) is 9.80. The van der Waals surface area contributed by atoms with Gasteiger partial charge in [0.1, 0.15) is 5.69 Å². The summed E-state index contributed by atoms with van der Waals surface area (Å²) < 4.78 is 10.3. The molecule has 6 heteroatoms. The van der Waals surface area contributed by atoms with Gasteiger partial charge in [0.25, 0.3) is 0 Å². The average molecular weight is 226 g/mol. The van der Waals surface area contributed by atoms with Crippen molar-refractivity contribution in [1.29, 1.82) is 0 Å². The predicted molar refractivity (Wildman–Crippen MR) is 59.7 cm³/mol. The lowest BCUT2D eigenvalue weighted by Gasteiger charge is -2.19. The fraction of sp³-hybridized carbons (Fsp3) is 0.600. The van der Waals surface area contributed by atoms with Crippen molar-refractivity contribution in [3.63, 3.8) is 0 Å². The van der Waals surface area contributed by atoms with Gasteiger partial charge in [-0.05, 0) is 13.3 Å². The molecule has 0 bridgehead atoms. The van der Waals surface area contributed by atoms with Gasteiger partial charge in [0, 0.05) is 19.5 Å². The Labute approximate surface area is 95.1 Å².